The maximum Gasteiger partial charge on any atom is 0.225 e. The molecule has 10 heteroatoms. The van der Waals surface area contributed by atoms with E-state index in [4.69, 9.17) is 11.5 Å². The summed E-state index contributed by atoms with van der Waals surface area (Å²) in [5.41, 5.74) is 11.0. The van der Waals surface area contributed by atoms with Crippen LogP contribution in [0.2, 0.25) is 0 Å². The van der Waals surface area contributed by atoms with Gasteiger partial charge in [-0.25, -0.2) is 0 Å². The van der Waals surface area contributed by atoms with Crippen molar-refractivity contribution in [2.24, 2.45) is 0 Å². The van der Waals surface area contributed by atoms with Gasteiger partial charge in [-0.05, 0) is 5.75 Å². The topological polar surface area (TPSA) is 90.7 Å². The summed E-state index contributed by atoms with van der Waals surface area (Å²) in [5.74, 6) is 6.29. The number of thiol groups is 2. The average Bonchev–Trinajstić information content (AvgIpc) is 2.40. The first kappa shape index (κ1) is 18.4. The van der Waals surface area contributed by atoms with Gasteiger partial charge in [-0.2, -0.15) is 63.7 Å². The average molecular weight is 370 g/mol. The fraction of sp³-hybridized carbons (Fsp3) is 0.700. The number of nitrogen functional groups attached to an aromatic ring is 2. The van der Waals surface area contributed by atoms with E-state index in [1.807, 2.05) is 23.5 Å². The first-order valence-corrected chi connectivity index (χ1v) is 10.4. The molecule has 0 spiro atoms. The summed E-state index contributed by atoms with van der Waals surface area (Å²) in [6.45, 7) is 0. The summed E-state index contributed by atoms with van der Waals surface area (Å²) in [7, 11) is 0. The Bertz CT molecular complexity index is 374. The van der Waals surface area contributed by atoms with Gasteiger partial charge in [-0.15, -0.1) is 0 Å². The molecule has 0 aliphatic carbocycles. The van der Waals surface area contributed by atoms with Gasteiger partial charge in [0.25, 0.3) is 0 Å². The van der Waals surface area contributed by atoms with Crippen LogP contribution in [0.4, 0.5) is 11.9 Å². The lowest BCUT2D eigenvalue weighted by atomic mass is 10.5. The molecule has 4 N–H and O–H groups in total. The monoisotopic (exact) mass is 369 g/mol. The molecule has 5 nitrogen and oxygen atoms in total. The minimum absolute atomic E-state index is 0.172. The van der Waals surface area contributed by atoms with Crippen molar-refractivity contribution in [3.05, 3.63) is 0 Å². The molecule has 1 rings (SSSR count). The lowest BCUT2D eigenvalue weighted by Crippen LogP contribution is -2.10. The van der Waals surface area contributed by atoms with E-state index in [-0.39, 0.29) is 11.9 Å². The number of hydrogen-bond acceptors (Lipinski definition) is 10. The highest BCUT2D eigenvalue weighted by atomic mass is 32.2. The third-order valence-corrected chi connectivity index (χ3v) is 6.97. The number of hydrogen-bond donors (Lipinski definition) is 4. The third kappa shape index (κ3) is 7.96. The Morgan fingerprint density at radius 1 is 1.00 bits per heavy atom. The molecule has 20 heavy (non-hydrogen) atoms. The molecule has 0 aromatic carbocycles. The third-order valence-electron chi connectivity index (χ3n) is 2.06. The summed E-state index contributed by atoms with van der Waals surface area (Å²) >= 11 is 14.0. The normalized spacial score (nSPS) is 12.5. The molecule has 1 atom stereocenters. The second-order valence-corrected chi connectivity index (χ2v) is 8.09. The zero-order valence-electron chi connectivity index (χ0n) is 10.9. The molecule has 0 aliphatic heterocycles. The van der Waals surface area contributed by atoms with Crippen LogP contribution in [0, 0.1) is 0 Å². The predicted molar refractivity (Wildman–Crippen MR) is 101 cm³/mol. The van der Waals surface area contributed by atoms with Crippen LogP contribution in [0.3, 0.4) is 0 Å². The van der Waals surface area contributed by atoms with Gasteiger partial charge in [0, 0.05) is 34.0 Å². The van der Waals surface area contributed by atoms with Crippen LogP contribution in [-0.4, -0.2) is 54.7 Å². The highest BCUT2D eigenvalue weighted by molar-refractivity contribution is 8.05. The van der Waals surface area contributed by atoms with Crippen molar-refractivity contribution < 1.29 is 0 Å². The van der Waals surface area contributed by atoms with E-state index in [0.29, 0.717) is 10.4 Å². The SMILES string of the molecule is Nc1nc(N)nc(SCCSCC(CS)SCCS)n1. The van der Waals surface area contributed by atoms with Gasteiger partial charge in [-0.3, -0.25) is 0 Å². The Morgan fingerprint density at radius 3 is 2.30 bits per heavy atom. The maximum atomic E-state index is 5.52. The molecule has 0 saturated carbocycles. The lowest BCUT2D eigenvalue weighted by molar-refractivity contribution is 0.930. The first-order valence-electron chi connectivity index (χ1n) is 5.96. The van der Waals surface area contributed by atoms with Crippen molar-refractivity contribution in [1.29, 1.82) is 0 Å². The number of aromatic nitrogens is 3. The van der Waals surface area contributed by atoms with Crippen LogP contribution in [0.1, 0.15) is 0 Å². The van der Waals surface area contributed by atoms with Crippen LogP contribution in [0.5, 0.6) is 0 Å². The second-order valence-electron chi connectivity index (χ2n) is 3.66. The van der Waals surface area contributed by atoms with Gasteiger partial charge in [0.2, 0.25) is 11.9 Å². The van der Waals surface area contributed by atoms with Crippen molar-refractivity contribution in [2.75, 3.05) is 46.0 Å². The van der Waals surface area contributed by atoms with E-state index in [2.05, 4.69) is 40.2 Å². The van der Waals surface area contributed by atoms with Gasteiger partial charge < -0.3 is 11.5 Å². The highest BCUT2D eigenvalue weighted by Crippen LogP contribution is 2.20. The number of anilines is 2. The zero-order chi connectivity index (χ0) is 14.8. The van der Waals surface area contributed by atoms with Gasteiger partial charge >= 0.3 is 0 Å². The molecule has 1 aromatic rings. The van der Waals surface area contributed by atoms with E-state index in [9.17, 15) is 0 Å². The van der Waals surface area contributed by atoms with Crippen LogP contribution < -0.4 is 11.5 Å². The molecular formula is C10H19N5S5. The lowest BCUT2D eigenvalue weighted by Gasteiger charge is -2.12. The Kier molecular flexibility index (Phi) is 10.1. The van der Waals surface area contributed by atoms with Crippen LogP contribution in [0.25, 0.3) is 0 Å². The Hall–Kier alpha value is 0.360. The molecule has 1 unspecified atom stereocenters. The minimum atomic E-state index is 0.172. The van der Waals surface area contributed by atoms with E-state index >= 15 is 0 Å². The maximum absolute atomic E-state index is 5.52. The number of nitrogens with two attached hydrogens (primary N) is 2. The van der Waals surface area contributed by atoms with Crippen LogP contribution in [-0.2, 0) is 0 Å². The van der Waals surface area contributed by atoms with Crippen molar-refractivity contribution >= 4 is 72.4 Å². The molecule has 1 aromatic heterocycles. The second kappa shape index (κ2) is 11.0. The Morgan fingerprint density at radius 2 is 1.70 bits per heavy atom. The Balaban J connectivity index is 2.17. The van der Waals surface area contributed by atoms with E-state index in [1.54, 1.807) is 11.8 Å². The minimum Gasteiger partial charge on any atom is -0.368 e. The molecule has 0 aliphatic rings. The van der Waals surface area contributed by atoms with Crippen LogP contribution >= 0.6 is 60.5 Å². The quantitative estimate of drug-likeness (QED) is 0.282. The number of thioether (sulfide) groups is 3. The molecule has 0 saturated heterocycles. The summed E-state index contributed by atoms with van der Waals surface area (Å²) < 4.78 is 0. The standard InChI is InChI=1S/C10H19N5S5/c11-8-13-9(12)15-10(14-8)20-4-3-18-6-7(5-17)19-2-1-16/h7,16-17H,1-6H2,(H4,11,12,13,14,15). The van der Waals surface area contributed by atoms with Gasteiger partial charge in [0.1, 0.15) is 0 Å². The predicted octanol–water partition coefficient (Wildman–Crippen LogP) is 1.82. The largest absolute Gasteiger partial charge is 0.368 e. The van der Waals surface area contributed by atoms with Crippen LogP contribution in [0.15, 0.2) is 5.16 Å². The van der Waals surface area contributed by atoms with Crippen molar-refractivity contribution in [1.82, 2.24) is 15.0 Å². The Labute approximate surface area is 143 Å². The number of rotatable bonds is 10. The van der Waals surface area contributed by atoms with Crippen molar-refractivity contribution in [2.45, 2.75) is 10.4 Å². The smallest absolute Gasteiger partial charge is 0.225 e. The molecule has 0 amide bonds. The van der Waals surface area contributed by atoms with Gasteiger partial charge in [0.05, 0.1) is 0 Å². The zero-order valence-corrected chi connectivity index (χ0v) is 15.2. The summed E-state index contributed by atoms with van der Waals surface area (Å²) in [6.07, 6.45) is 0. The summed E-state index contributed by atoms with van der Waals surface area (Å²) in [6, 6.07) is 0. The van der Waals surface area contributed by atoms with Gasteiger partial charge in [0.15, 0.2) is 5.16 Å². The molecular weight excluding hydrogens is 350 g/mol. The van der Waals surface area contributed by atoms with E-state index in [1.165, 1.54) is 0 Å². The molecule has 114 valence electrons. The number of nitrogens with zero attached hydrogens (tertiary/aromatic N) is 3. The fourth-order valence-electron chi connectivity index (χ4n) is 1.23. The molecule has 0 bridgehead atoms. The molecule has 0 radical (unpaired) electrons. The summed E-state index contributed by atoms with van der Waals surface area (Å²) in [4.78, 5) is 11.8. The fourth-order valence-corrected chi connectivity index (χ4v) is 5.24. The van der Waals surface area contributed by atoms with Gasteiger partial charge in [-0.1, -0.05) is 11.8 Å². The van der Waals surface area contributed by atoms with Crippen molar-refractivity contribution in [3.8, 4) is 0 Å². The summed E-state index contributed by atoms with van der Waals surface area (Å²) in [5, 5.41) is 1.18. The van der Waals surface area contributed by atoms with Crippen molar-refractivity contribution in [3.63, 3.8) is 0 Å². The molecule has 1 heterocycles. The molecule has 0 fully saturated rings. The first-order chi connectivity index (χ1) is 9.65. The van der Waals surface area contributed by atoms with E-state index < -0.39 is 0 Å². The highest BCUT2D eigenvalue weighted by Gasteiger charge is 2.07. The van der Waals surface area contributed by atoms with E-state index in [0.717, 1.165) is 34.5 Å².